The molecule has 0 saturated heterocycles. The third kappa shape index (κ3) is 2.66. The highest BCUT2D eigenvalue weighted by atomic mass is 35.5. The molecule has 2 aromatic rings. The van der Waals surface area contributed by atoms with Crippen LogP contribution in [-0.2, 0) is 11.2 Å². The number of carboxylic acid groups (broad SMARTS) is 1. The van der Waals surface area contributed by atoms with Crippen molar-refractivity contribution in [2.75, 3.05) is 0 Å². The lowest BCUT2D eigenvalue weighted by molar-refractivity contribution is -0.136. The molecule has 18 heavy (non-hydrogen) atoms. The summed E-state index contributed by atoms with van der Waals surface area (Å²) in [7, 11) is 0. The van der Waals surface area contributed by atoms with E-state index in [9.17, 15) is 4.79 Å². The molecular formula is C14H10Cl2O2. The number of aliphatic carboxylic acids is 1. The lowest BCUT2D eigenvalue weighted by Gasteiger charge is -2.10. The summed E-state index contributed by atoms with van der Waals surface area (Å²) in [5.41, 5.74) is 2.27. The van der Waals surface area contributed by atoms with Crippen molar-refractivity contribution in [1.82, 2.24) is 0 Å². The Hall–Kier alpha value is -1.51. The largest absolute Gasteiger partial charge is 0.481 e. The zero-order valence-corrected chi connectivity index (χ0v) is 10.9. The molecule has 0 unspecified atom stereocenters. The van der Waals surface area contributed by atoms with Crippen LogP contribution in [0.25, 0.3) is 11.1 Å². The van der Waals surface area contributed by atoms with E-state index in [0.717, 1.165) is 11.1 Å². The van der Waals surface area contributed by atoms with Gasteiger partial charge < -0.3 is 5.11 Å². The Morgan fingerprint density at radius 2 is 1.67 bits per heavy atom. The summed E-state index contributed by atoms with van der Waals surface area (Å²) in [6, 6.07) is 12.6. The van der Waals surface area contributed by atoms with Gasteiger partial charge in [0, 0.05) is 5.56 Å². The van der Waals surface area contributed by atoms with Gasteiger partial charge in [-0.1, -0.05) is 59.6 Å². The Morgan fingerprint density at radius 1 is 1.00 bits per heavy atom. The molecule has 0 fully saturated rings. The second-order valence-electron chi connectivity index (χ2n) is 3.83. The number of carbonyl (C=O) groups is 1. The first kappa shape index (κ1) is 12.9. The number of hydrogen-bond acceptors (Lipinski definition) is 1. The van der Waals surface area contributed by atoms with Crippen LogP contribution < -0.4 is 0 Å². The van der Waals surface area contributed by atoms with E-state index < -0.39 is 5.97 Å². The fourth-order valence-electron chi connectivity index (χ4n) is 1.81. The van der Waals surface area contributed by atoms with Gasteiger partial charge in [0.05, 0.1) is 16.5 Å². The van der Waals surface area contributed by atoms with Crippen LogP contribution >= 0.6 is 23.2 Å². The molecule has 4 heteroatoms. The third-order valence-electron chi connectivity index (χ3n) is 2.60. The third-order valence-corrected chi connectivity index (χ3v) is 3.42. The average molecular weight is 281 g/mol. The SMILES string of the molecule is O=C(O)Cc1ccccc1-c1cccc(Cl)c1Cl. The summed E-state index contributed by atoms with van der Waals surface area (Å²) in [4.78, 5) is 10.8. The number of halogens is 2. The van der Waals surface area contributed by atoms with E-state index in [0.29, 0.717) is 15.6 Å². The van der Waals surface area contributed by atoms with Gasteiger partial charge in [-0.05, 0) is 17.2 Å². The van der Waals surface area contributed by atoms with Crippen LogP contribution in [0, 0.1) is 0 Å². The molecular weight excluding hydrogens is 271 g/mol. The van der Waals surface area contributed by atoms with Crippen molar-refractivity contribution in [3.8, 4) is 11.1 Å². The van der Waals surface area contributed by atoms with Crippen LogP contribution in [0.15, 0.2) is 42.5 Å². The van der Waals surface area contributed by atoms with Gasteiger partial charge in [0.25, 0.3) is 0 Å². The Labute approximate surface area is 115 Å². The quantitative estimate of drug-likeness (QED) is 0.911. The van der Waals surface area contributed by atoms with E-state index in [1.54, 1.807) is 24.3 Å². The minimum atomic E-state index is -0.874. The number of rotatable bonds is 3. The molecule has 0 bridgehead atoms. The zero-order chi connectivity index (χ0) is 13.1. The van der Waals surface area contributed by atoms with Gasteiger partial charge in [0.1, 0.15) is 0 Å². The van der Waals surface area contributed by atoms with Crippen molar-refractivity contribution in [3.05, 3.63) is 58.1 Å². The summed E-state index contributed by atoms with van der Waals surface area (Å²) in [5.74, 6) is -0.874. The monoisotopic (exact) mass is 280 g/mol. The van der Waals surface area contributed by atoms with Gasteiger partial charge >= 0.3 is 5.97 Å². The molecule has 2 aromatic carbocycles. The lowest BCUT2D eigenvalue weighted by atomic mass is 9.98. The van der Waals surface area contributed by atoms with E-state index >= 15 is 0 Å². The number of carboxylic acids is 1. The maximum Gasteiger partial charge on any atom is 0.307 e. The second kappa shape index (κ2) is 5.42. The molecule has 0 aliphatic heterocycles. The smallest absolute Gasteiger partial charge is 0.307 e. The molecule has 0 aromatic heterocycles. The Kier molecular flexibility index (Phi) is 3.90. The first-order chi connectivity index (χ1) is 8.59. The molecule has 1 N–H and O–H groups in total. The molecule has 0 aliphatic carbocycles. The minimum absolute atomic E-state index is 0.0426. The van der Waals surface area contributed by atoms with E-state index in [1.807, 2.05) is 18.2 Å². The highest BCUT2D eigenvalue weighted by Gasteiger charge is 2.12. The molecule has 0 radical (unpaired) electrons. The van der Waals surface area contributed by atoms with Gasteiger partial charge in [-0.3, -0.25) is 4.79 Å². The van der Waals surface area contributed by atoms with Gasteiger partial charge in [-0.25, -0.2) is 0 Å². The molecule has 0 amide bonds. The highest BCUT2D eigenvalue weighted by Crippen LogP contribution is 2.35. The molecule has 0 atom stereocenters. The summed E-state index contributed by atoms with van der Waals surface area (Å²) >= 11 is 12.1. The van der Waals surface area contributed by atoms with E-state index in [-0.39, 0.29) is 6.42 Å². The first-order valence-corrected chi connectivity index (χ1v) is 6.09. The molecule has 0 heterocycles. The van der Waals surface area contributed by atoms with E-state index in [2.05, 4.69) is 0 Å². The fourth-order valence-corrected chi connectivity index (χ4v) is 2.21. The molecule has 2 rings (SSSR count). The lowest BCUT2D eigenvalue weighted by Crippen LogP contribution is -2.01. The van der Waals surface area contributed by atoms with Crippen molar-refractivity contribution in [1.29, 1.82) is 0 Å². The Balaban J connectivity index is 2.57. The summed E-state index contributed by atoms with van der Waals surface area (Å²) in [5, 5.41) is 9.80. The summed E-state index contributed by atoms with van der Waals surface area (Å²) < 4.78 is 0. The van der Waals surface area contributed by atoms with Gasteiger partial charge in [0.15, 0.2) is 0 Å². The molecule has 0 aliphatic rings. The van der Waals surface area contributed by atoms with Crippen LogP contribution in [0.1, 0.15) is 5.56 Å². The maximum absolute atomic E-state index is 10.8. The van der Waals surface area contributed by atoms with Crippen LogP contribution in [0.2, 0.25) is 10.0 Å². The summed E-state index contributed by atoms with van der Waals surface area (Å²) in [6.45, 7) is 0. The average Bonchev–Trinajstić information content (AvgIpc) is 2.33. The van der Waals surface area contributed by atoms with Crippen molar-refractivity contribution in [3.63, 3.8) is 0 Å². The van der Waals surface area contributed by atoms with Crippen LogP contribution in [0.3, 0.4) is 0 Å². The fraction of sp³-hybridized carbons (Fsp3) is 0.0714. The van der Waals surface area contributed by atoms with E-state index in [4.69, 9.17) is 28.3 Å². The highest BCUT2D eigenvalue weighted by molar-refractivity contribution is 6.43. The zero-order valence-electron chi connectivity index (χ0n) is 9.36. The molecule has 92 valence electrons. The summed E-state index contributed by atoms with van der Waals surface area (Å²) in [6.07, 6.45) is -0.0426. The van der Waals surface area contributed by atoms with Gasteiger partial charge in [-0.2, -0.15) is 0 Å². The van der Waals surface area contributed by atoms with Crippen molar-refractivity contribution in [2.24, 2.45) is 0 Å². The Morgan fingerprint density at radius 3 is 2.39 bits per heavy atom. The van der Waals surface area contributed by atoms with Crippen molar-refractivity contribution < 1.29 is 9.90 Å². The van der Waals surface area contributed by atoms with Crippen LogP contribution in [-0.4, -0.2) is 11.1 Å². The molecule has 2 nitrogen and oxygen atoms in total. The predicted octanol–water partition coefficient (Wildman–Crippen LogP) is 4.29. The molecule has 0 spiro atoms. The standard InChI is InChI=1S/C14H10Cl2O2/c15-12-7-3-6-11(14(12)16)10-5-2-1-4-9(10)8-13(17)18/h1-7H,8H2,(H,17,18). The first-order valence-electron chi connectivity index (χ1n) is 5.33. The Bertz CT molecular complexity index is 594. The van der Waals surface area contributed by atoms with Crippen LogP contribution in [0.5, 0.6) is 0 Å². The van der Waals surface area contributed by atoms with Crippen molar-refractivity contribution >= 4 is 29.2 Å². The molecule has 0 saturated carbocycles. The number of benzene rings is 2. The topological polar surface area (TPSA) is 37.3 Å². The second-order valence-corrected chi connectivity index (χ2v) is 4.61. The van der Waals surface area contributed by atoms with Gasteiger partial charge in [-0.15, -0.1) is 0 Å². The van der Waals surface area contributed by atoms with Crippen molar-refractivity contribution in [2.45, 2.75) is 6.42 Å². The predicted molar refractivity (Wildman–Crippen MR) is 73.2 cm³/mol. The van der Waals surface area contributed by atoms with Gasteiger partial charge in [0.2, 0.25) is 0 Å². The minimum Gasteiger partial charge on any atom is -0.481 e. The van der Waals surface area contributed by atoms with E-state index in [1.165, 1.54) is 0 Å². The normalized spacial score (nSPS) is 10.3. The number of hydrogen-bond donors (Lipinski definition) is 1. The maximum atomic E-state index is 10.8. The van der Waals surface area contributed by atoms with Crippen LogP contribution in [0.4, 0.5) is 0 Å².